The maximum Gasteiger partial charge on any atom is 0.279 e. The Balaban J connectivity index is 1.65. The third kappa shape index (κ3) is 4.40. The third-order valence-corrected chi connectivity index (χ3v) is 7.33. The number of nitrogens with one attached hydrogen (secondary N) is 2. The second-order valence-corrected chi connectivity index (χ2v) is 9.95. The molecule has 30 heavy (non-hydrogen) atoms. The fourth-order valence-electron chi connectivity index (χ4n) is 4.13. The molecule has 0 bridgehead atoms. The summed E-state index contributed by atoms with van der Waals surface area (Å²) in [5, 5.41) is 1.66. The Hall–Kier alpha value is -1.90. The average molecular weight is 448 g/mol. The second kappa shape index (κ2) is 8.69. The summed E-state index contributed by atoms with van der Waals surface area (Å²) in [7, 11) is -3.66. The zero-order chi connectivity index (χ0) is 21.3. The van der Waals surface area contributed by atoms with E-state index < -0.39 is 10.2 Å². The van der Waals surface area contributed by atoms with Gasteiger partial charge in [-0.1, -0.05) is 48.0 Å². The van der Waals surface area contributed by atoms with Gasteiger partial charge in [-0.3, -0.25) is 0 Å². The Labute approximate surface area is 182 Å². The molecule has 1 aliphatic rings. The van der Waals surface area contributed by atoms with Crippen LogP contribution in [-0.4, -0.2) is 49.5 Å². The summed E-state index contributed by atoms with van der Waals surface area (Å²) in [6, 6.07) is 15.6. The predicted molar refractivity (Wildman–Crippen MR) is 120 cm³/mol. The van der Waals surface area contributed by atoms with Gasteiger partial charge in [0, 0.05) is 47.7 Å². The van der Waals surface area contributed by atoms with Gasteiger partial charge in [0.05, 0.1) is 12.2 Å². The molecule has 3 unspecified atom stereocenters. The van der Waals surface area contributed by atoms with Crippen LogP contribution in [-0.2, 0) is 14.9 Å². The molecule has 1 saturated heterocycles. The summed E-state index contributed by atoms with van der Waals surface area (Å²) in [5.41, 5.74) is 2.89. The Morgan fingerprint density at radius 1 is 1.10 bits per heavy atom. The molecule has 1 fully saturated rings. The molecule has 6 nitrogen and oxygen atoms in total. The van der Waals surface area contributed by atoms with Crippen molar-refractivity contribution in [2.24, 2.45) is 0 Å². The van der Waals surface area contributed by atoms with Crippen molar-refractivity contribution in [2.45, 2.75) is 32.0 Å². The maximum absolute atomic E-state index is 13.0. The lowest BCUT2D eigenvalue weighted by Gasteiger charge is -2.34. The highest BCUT2D eigenvalue weighted by molar-refractivity contribution is 7.87. The van der Waals surface area contributed by atoms with Gasteiger partial charge in [0.1, 0.15) is 0 Å². The standard InChI is InChI=1S/C22H26ClN3O3S/c1-15-13-26(14-16(2)29-15)30(27,28)25-12-20(17-7-3-5-9-21(17)23)19-11-24-22-10-6-4-8-18(19)22/h3-11,15-16,20,24-25H,12-14H2,1-2H3. The number of fused-ring (bicyclic) bond motifs is 1. The molecule has 2 heterocycles. The van der Waals surface area contributed by atoms with Crippen molar-refractivity contribution in [3.8, 4) is 0 Å². The molecule has 0 saturated carbocycles. The van der Waals surface area contributed by atoms with Crippen molar-refractivity contribution >= 4 is 32.7 Å². The number of H-pyrrole nitrogens is 1. The molecular formula is C22H26ClN3O3S. The van der Waals surface area contributed by atoms with Gasteiger partial charge in [0.25, 0.3) is 10.2 Å². The van der Waals surface area contributed by atoms with Crippen LogP contribution >= 0.6 is 11.6 Å². The largest absolute Gasteiger partial charge is 0.373 e. The van der Waals surface area contributed by atoms with Crippen LogP contribution in [0.1, 0.15) is 30.9 Å². The highest BCUT2D eigenvalue weighted by Crippen LogP contribution is 2.34. The normalized spacial score (nSPS) is 21.7. The van der Waals surface area contributed by atoms with Crippen LogP contribution in [0.25, 0.3) is 10.9 Å². The van der Waals surface area contributed by atoms with Crippen LogP contribution in [0.2, 0.25) is 5.02 Å². The molecule has 3 atom stereocenters. The van der Waals surface area contributed by atoms with E-state index in [1.54, 1.807) is 0 Å². The van der Waals surface area contributed by atoms with Gasteiger partial charge in [-0.15, -0.1) is 0 Å². The molecule has 0 aliphatic carbocycles. The minimum Gasteiger partial charge on any atom is -0.373 e. The lowest BCUT2D eigenvalue weighted by molar-refractivity contribution is -0.0443. The summed E-state index contributed by atoms with van der Waals surface area (Å²) >= 11 is 6.51. The van der Waals surface area contributed by atoms with Gasteiger partial charge < -0.3 is 9.72 Å². The Morgan fingerprint density at radius 2 is 1.77 bits per heavy atom. The molecule has 0 radical (unpaired) electrons. The fourth-order valence-corrected chi connectivity index (χ4v) is 5.77. The van der Waals surface area contributed by atoms with Crippen molar-refractivity contribution in [3.05, 3.63) is 70.9 Å². The Bertz CT molecular complexity index is 1120. The summed E-state index contributed by atoms with van der Waals surface area (Å²) in [5.74, 6) is -0.236. The lowest BCUT2D eigenvalue weighted by Crippen LogP contribution is -2.52. The first kappa shape index (κ1) is 21.3. The molecular weight excluding hydrogens is 422 g/mol. The van der Waals surface area contributed by atoms with Gasteiger partial charge >= 0.3 is 0 Å². The number of halogens is 1. The van der Waals surface area contributed by atoms with Crippen molar-refractivity contribution in [1.82, 2.24) is 14.0 Å². The van der Waals surface area contributed by atoms with E-state index in [0.29, 0.717) is 18.1 Å². The molecule has 8 heteroatoms. The van der Waals surface area contributed by atoms with E-state index in [0.717, 1.165) is 22.0 Å². The number of hydrogen-bond donors (Lipinski definition) is 2. The van der Waals surface area contributed by atoms with Crippen LogP contribution in [0.4, 0.5) is 0 Å². The van der Waals surface area contributed by atoms with Crippen molar-refractivity contribution in [2.75, 3.05) is 19.6 Å². The van der Waals surface area contributed by atoms with Gasteiger partial charge in [-0.2, -0.15) is 12.7 Å². The number of nitrogens with zero attached hydrogens (tertiary/aromatic N) is 1. The van der Waals surface area contributed by atoms with Crippen LogP contribution < -0.4 is 4.72 Å². The molecule has 1 aliphatic heterocycles. The third-order valence-electron chi connectivity index (χ3n) is 5.47. The van der Waals surface area contributed by atoms with E-state index in [4.69, 9.17) is 16.3 Å². The summed E-state index contributed by atoms with van der Waals surface area (Å²) < 4.78 is 36.1. The van der Waals surface area contributed by atoms with Crippen LogP contribution in [0.5, 0.6) is 0 Å². The van der Waals surface area contributed by atoms with Gasteiger partial charge in [-0.05, 0) is 37.1 Å². The lowest BCUT2D eigenvalue weighted by atomic mass is 9.91. The topological polar surface area (TPSA) is 74.4 Å². The van der Waals surface area contributed by atoms with Crippen molar-refractivity contribution in [3.63, 3.8) is 0 Å². The predicted octanol–water partition coefficient (Wildman–Crippen LogP) is 3.90. The zero-order valence-electron chi connectivity index (χ0n) is 17.0. The van der Waals surface area contributed by atoms with Gasteiger partial charge in [0.2, 0.25) is 0 Å². The van der Waals surface area contributed by atoms with Crippen LogP contribution in [0.15, 0.2) is 54.7 Å². The Kier molecular flexibility index (Phi) is 6.18. The van der Waals surface area contributed by atoms with Crippen LogP contribution in [0.3, 0.4) is 0 Å². The van der Waals surface area contributed by atoms with Gasteiger partial charge in [-0.25, -0.2) is 4.72 Å². The number of ether oxygens (including phenoxy) is 1. The highest BCUT2D eigenvalue weighted by atomic mass is 35.5. The van der Waals surface area contributed by atoms with E-state index in [1.165, 1.54) is 4.31 Å². The average Bonchev–Trinajstić information content (AvgIpc) is 3.13. The number of hydrogen-bond acceptors (Lipinski definition) is 3. The van der Waals surface area contributed by atoms with Gasteiger partial charge in [0.15, 0.2) is 0 Å². The van der Waals surface area contributed by atoms with Crippen molar-refractivity contribution < 1.29 is 13.2 Å². The van der Waals surface area contributed by atoms with E-state index >= 15 is 0 Å². The molecule has 1 aromatic heterocycles. The molecule has 160 valence electrons. The van der Waals surface area contributed by atoms with Crippen molar-refractivity contribution in [1.29, 1.82) is 0 Å². The molecule has 0 amide bonds. The Morgan fingerprint density at radius 3 is 2.50 bits per heavy atom. The molecule has 4 rings (SSSR count). The minimum atomic E-state index is -3.66. The monoisotopic (exact) mass is 447 g/mol. The number of rotatable bonds is 6. The number of benzene rings is 2. The molecule has 3 aromatic rings. The first-order chi connectivity index (χ1) is 14.3. The van der Waals surface area contributed by atoms with Crippen LogP contribution in [0, 0.1) is 0 Å². The number of aromatic nitrogens is 1. The van der Waals surface area contributed by atoms with E-state index in [1.807, 2.05) is 68.6 Å². The van der Waals surface area contributed by atoms with E-state index in [-0.39, 0.29) is 24.7 Å². The summed E-state index contributed by atoms with van der Waals surface area (Å²) in [6.07, 6.45) is 1.66. The minimum absolute atomic E-state index is 0.140. The van der Waals surface area contributed by atoms with E-state index in [9.17, 15) is 8.42 Å². The highest BCUT2D eigenvalue weighted by Gasteiger charge is 2.32. The SMILES string of the molecule is CC1CN(S(=O)(=O)NCC(c2ccccc2Cl)c2c[nH]c3ccccc23)CC(C)O1. The maximum atomic E-state index is 13.0. The smallest absolute Gasteiger partial charge is 0.279 e. The summed E-state index contributed by atoms with van der Waals surface area (Å²) in [4.78, 5) is 3.28. The molecule has 0 spiro atoms. The number of para-hydroxylation sites is 1. The second-order valence-electron chi connectivity index (χ2n) is 7.79. The molecule has 2 N–H and O–H groups in total. The summed E-state index contributed by atoms with van der Waals surface area (Å²) in [6.45, 7) is 4.65. The first-order valence-electron chi connectivity index (χ1n) is 10.1. The quantitative estimate of drug-likeness (QED) is 0.601. The number of morpholine rings is 1. The first-order valence-corrected chi connectivity index (χ1v) is 11.9. The fraction of sp³-hybridized carbons (Fsp3) is 0.364. The number of aromatic amines is 1. The zero-order valence-corrected chi connectivity index (χ0v) is 18.6. The molecule has 2 aromatic carbocycles. The van der Waals surface area contributed by atoms with E-state index in [2.05, 4.69) is 9.71 Å².